The Morgan fingerprint density at radius 1 is 1.38 bits per heavy atom. The molecular formula is C15H19N3O3. The van der Waals surface area contributed by atoms with Gasteiger partial charge in [0.05, 0.1) is 23.2 Å². The van der Waals surface area contributed by atoms with Gasteiger partial charge in [-0.3, -0.25) is 10.1 Å². The van der Waals surface area contributed by atoms with Crippen LogP contribution in [0.5, 0.6) is 0 Å². The number of nitro groups is 1. The Morgan fingerprint density at radius 2 is 2.10 bits per heavy atom. The standard InChI is InChI=1S/C15H19N3O3/c16-11-12-6-7-14(15(10-12)18(20)21)17(8-9-19)13-4-2-1-3-5-13/h6-7,10,13,19H,1-5,8-9H2. The van der Waals surface area contributed by atoms with Crippen LogP contribution in [0.25, 0.3) is 0 Å². The number of benzene rings is 1. The largest absolute Gasteiger partial charge is 0.395 e. The summed E-state index contributed by atoms with van der Waals surface area (Å²) in [5.41, 5.74) is 0.714. The van der Waals surface area contributed by atoms with Crippen LogP contribution in [0, 0.1) is 21.4 Å². The van der Waals surface area contributed by atoms with Gasteiger partial charge in [-0.2, -0.15) is 5.26 Å². The van der Waals surface area contributed by atoms with E-state index in [4.69, 9.17) is 5.26 Å². The van der Waals surface area contributed by atoms with E-state index >= 15 is 0 Å². The van der Waals surface area contributed by atoms with Gasteiger partial charge in [-0.1, -0.05) is 19.3 Å². The van der Waals surface area contributed by atoms with Crippen LogP contribution in [-0.4, -0.2) is 29.2 Å². The first-order valence-electron chi connectivity index (χ1n) is 7.23. The minimum atomic E-state index is -0.455. The molecule has 0 unspecified atom stereocenters. The molecule has 0 saturated heterocycles. The van der Waals surface area contributed by atoms with Crippen molar-refractivity contribution in [3.8, 4) is 6.07 Å². The topological polar surface area (TPSA) is 90.4 Å². The van der Waals surface area contributed by atoms with E-state index in [2.05, 4.69) is 0 Å². The molecule has 0 spiro atoms. The molecule has 1 N–H and O–H groups in total. The fraction of sp³-hybridized carbons (Fsp3) is 0.533. The molecule has 0 aliphatic heterocycles. The average molecular weight is 289 g/mol. The van der Waals surface area contributed by atoms with Crippen LogP contribution < -0.4 is 4.90 Å². The molecule has 0 heterocycles. The fourth-order valence-corrected chi connectivity index (χ4v) is 2.98. The number of aliphatic hydroxyl groups is 1. The van der Waals surface area contributed by atoms with E-state index in [0.29, 0.717) is 12.2 Å². The second kappa shape index (κ2) is 7.04. The molecule has 0 bridgehead atoms. The van der Waals surface area contributed by atoms with Gasteiger partial charge >= 0.3 is 0 Å². The molecule has 1 aromatic rings. The van der Waals surface area contributed by atoms with Crippen LogP contribution in [0.4, 0.5) is 11.4 Å². The maximum atomic E-state index is 11.3. The van der Waals surface area contributed by atoms with Gasteiger partial charge in [0.1, 0.15) is 5.69 Å². The van der Waals surface area contributed by atoms with Crippen molar-refractivity contribution in [1.82, 2.24) is 0 Å². The second-order valence-electron chi connectivity index (χ2n) is 5.28. The number of aliphatic hydroxyl groups excluding tert-OH is 1. The van der Waals surface area contributed by atoms with Crippen molar-refractivity contribution >= 4 is 11.4 Å². The van der Waals surface area contributed by atoms with Gasteiger partial charge in [0.15, 0.2) is 0 Å². The quantitative estimate of drug-likeness (QED) is 0.664. The summed E-state index contributed by atoms with van der Waals surface area (Å²) in [5.74, 6) is 0. The van der Waals surface area contributed by atoms with Gasteiger partial charge in [0, 0.05) is 18.7 Å². The van der Waals surface area contributed by atoms with Gasteiger partial charge < -0.3 is 10.0 Å². The highest BCUT2D eigenvalue weighted by Crippen LogP contribution is 2.34. The fourth-order valence-electron chi connectivity index (χ4n) is 2.98. The molecule has 112 valence electrons. The Balaban J connectivity index is 2.39. The zero-order chi connectivity index (χ0) is 15.2. The molecular weight excluding hydrogens is 270 g/mol. The summed E-state index contributed by atoms with van der Waals surface area (Å²) in [5, 5.41) is 29.5. The Hall–Kier alpha value is -2.13. The summed E-state index contributed by atoms with van der Waals surface area (Å²) in [4.78, 5) is 12.8. The van der Waals surface area contributed by atoms with Crippen LogP contribution in [0.3, 0.4) is 0 Å². The predicted molar refractivity (Wildman–Crippen MR) is 79.1 cm³/mol. The lowest BCUT2D eigenvalue weighted by atomic mass is 9.93. The summed E-state index contributed by atoms with van der Waals surface area (Å²) >= 11 is 0. The second-order valence-corrected chi connectivity index (χ2v) is 5.28. The van der Waals surface area contributed by atoms with Crippen LogP contribution in [0.15, 0.2) is 18.2 Å². The highest BCUT2D eigenvalue weighted by Gasteiger charge is 2.27. The van der Waals surface area contributed by atoms with Crippen molar-refractivity contribution in [3.05, 3.63) is 33.9 Å². The predicted octanol–water partition coefficient (Wildman–Crippen LogP) is 2.60. The highest BCUT2D eigenvalue weighted by molar-refractivity contribution is 5.66. The van der Waals surface area contributed by atoms with E-state index in [-0.39, 0.29) is 23.9 Å². The Bertz CT molecular complexity index is 548. The zero-order valence-corrected chi connectivity index (χ0v) is 11.9. The summed E-state index contributed by atoms with van der Waals surface area (Å²) in [6.45, 7) is 0.324. The zero-order valence-electron chi connectivity index (χ0n) is 11.9. The number of hydrogen-bond acceptors (Lipinski definition) is 5. The smallest absolute Gasteiger partial charge is 0.293 e. The van der Waals surface area contributed by atoms with Crippen molar-refractivity contribution in [2.24, 2.45) is 0 Å². The minimum Gasteiger partial charge on any atom is -0.395 e. The third kappa shape index (κ3) is 3.50. The molecule has 0 aromatic heterocycles. The molecule has 21 heavy (non-hydrogen) atoms. The molecule has 1 aliphatic carbocycles. The SMILES string of the molecule is N#Cc1ccc(N(CCO)C2CCCCC2)c([N+](=O)[O-])c1. The summed E-state index contributed by atoms with van der Waals surface area (Å²) in [7, 11) is 0. The number of nitriles is 1. The molecule has 0 radical (unpaired) electrons. The van der Waals surface area contributed by atoms with Gasteiger partial charge in [-0.05, 0) is 25.0 Å². The van der Waals surface area contributed by atoms with Crippen molar-refractivity contribution in [3.63, 3.8) is 0 Å². The first-order valence-corrected chi connectivity index (χ1v) is 7.23. The van der Waals surface area contributed by atoms with Gasteiger partial charge in [-0.25, -0.2) is 0 Å². The van der Waals surface area contributed by atoms with Crippen molar-refractivity contribution in [2.45, 2.75) is 38.1 Å². The molecule has 6 heteroatoms. The van der Waals surface area contributed by atoms with E-state index in [1.54, 1.807) is 12.1 Å². The molecule has 2 rings (SSSR count). The van der Waals surface area contributed by atoms with Crippen LogP contribution in [0.1, 0.15) is 37.7 Å². The molecule has 1 aliphatic rings. The first-order chi connectivity index (χ1) is 10.2. The first kappa shape index (κ1) is 15.3. The lowest BCUT2D eigenvalue weighted by Gasteiger charge is -2.35. The monoisotopic (exact) mass is 289 g/mol. The molecule has 0 amide bonds. The third-order valence-corrected chi connectivity index (χ3v) is 3.97. The average Bonchev–Trinajstić information content (AvgIpc) is 2.53. The van der Waals surface area contributed by atoms with Gasteiger partial charge in [0.2, 0.25) is 0 Å². The highest BCUT2D eigenvalue weighted by atomic mass is 16.6. The number of nitro benzene ring substituents is 1. The number of hydrogen-bond donors (Lipinski definition) is 1. The molecule has 1 aromatic carbocycles. The number of nitrogens with zero attached hydrogens (tertiary/aromatic N) is 3. The molecule has 1 fully saturated rings. The molecule has 1 saturated carbocycles. The normalized spacial score (nSPS) is 15.4. The Morgan fingerprint density at radius 3 is 2.67 bits per heavy atom. The van der Waals surface area contributed by atoms with Crippen LogP contribution >= 0.6 is 0 Å². The van der Waals surface area contributed by atoms with E-state index in [9.17, 15) is 15.2 Å². The van der Waals surface area contributed by atoms with Crippen LogP contribution in [-0.2, 0) is 0 Å². The summed E-state index contributed by atoms with van der Waals surface area (Å²) in [6, 6.07) is 6.67. The van der Waals surface area contributed by atoms with Gasteiger partial charge in [-0.15, -0.1) is 0 Å². The lowest BCUT2D eigenvalue weighted by molar-refractivity contribution is -0.384. The van der Waals surface area contributed by atoms with Crippen molar-refractivity contribution in [2.75, 3.05) is 18.1 Å². The lowest BCUT2D eigenvalue weighted by Crippen LogP contribution is -2.39. The maximum Gasteiger partial charge on any atom is 0.293 e. The maximum absolute atomic E-state index is 11.3. The van der Waals surface area contributed by atoms with E-state index in [1.165, 1.54) is 12.5 Å². The Labute approximate surface area is 123 Å². The third-order valence-electron chi connectivity index (χ3n) is 3.97. The molecule has 0 atom stereocenters. The summed E-state index contributed by atoms with van der Waals surface area (Å²) < 4.78 is 0. The number of rotatable bonds is 5. The minimum absolute atomic E-state index is 0.0480. The van der Waals surface area contributed by atoms with Crippen molar-refractivity contribution in [1.29, 1.82) is 5.26 Å². The molecule has 6 nitrogen and oxygen atoms in total. The van der Waals surface area contributed by atoms with Crippen LogP contribution in [0.2, 0.25) is 0 Å². The summed E-state index contributed by atoms with van der Waals surface area (Å²) in [6.07, 6.45) is 5.38. The number of anilines is 1. The van der Waals surface area contributed by atoms with Gasteiger partial charge in [0.25, 0.3) is 5.69 Å². The van der Waals surface area contributed by atoms with E-state index < -0.39 is 4.92 Å². The Kier molecular flexibility index (Phi) is 5.12. The van der Waals surface area contributed by atoms with E-state index in [1.807, 2.05) is 11.0 Å². The van der Waals surface area contributed by atoms with Crippen molar-refractivity contribution < 1.29 is 10.0 Å². The van der Waals surface area contributed by atoms with E-state index in [0.717, 1.165) is 25.7 Å².